The minimum Gasteiger partial charge on any atom is -0.467 e. The predicted octanol–water partition coefficient (Wildman–Crippen LogP) is 1.80. The molecule has 3 rings (SSSR count). The fourth-order valence-corrected chi connectivity index (χ4v) is 2.94. The van der Waals surface area contributed by atoms with Gasteiger partial charge in [0.2, 0.25) is 0 Å². The molecule has 1 aliphatic carbocycles. The van der Waals surface area contributed by atoms with Crippen LogP contribution in [0.3, 0.4) is 0 Å². The number of aromatic amines is 1. The number of nitrogens with zero attached hydrogens (tertiary/aromatic N) is 1. The molecule has 0 spiro atoms. The second-order valence-corrected chi connectivity index (χ2v) is 6.09. The van der Waals surface area contributed by atoms with Gasteiger partial charge in [0.15, 0.2) is 0 Å². The highest BCUT2D eigenvalue weighted by Gasteiger charge is 2.15. The molecule has 2 aromatic rings. The van der Waals surface area contributed by atoms with Crippen molar-refractivity contribution in [3.8, 4) is 0 Å². The quantitative estimate of drug-likeness (QED) is 0.782. The Labute approximate surface area is 144 Å². The molecule has 0 bridgehead atoms. The van der Waals surface area contributed by atoms with Gasteiger partial charge in [-0.25, -0.2) is 4.79 Å². The third-order valence-electron chi connectivity index (χ3n) is 4.32. The average Bonchev–Trinajstić information content (AvgIpc) is 3.12. The van der Waals surface area contributed by atoms with E-state index in [1.54, 1.807) is 12.1 Å². The van der Waals surface area contributed by atoms with Crippen LogP contribution in [0.4, 0.5) is 0 Å². The van der Waals surface area contributed by atoms with Crippen LogP contribution in [0.1, 0.15) is 48.2 Å². The summed E-state index contributed by atoms with van der Waals surface area (Å²) in [5, 5.41) is 2.75. The van der Waals surface area contributed by atoms with E-state index in [1.165, 1.54) is 30.9 Å². The highest BCUT2D eigenvalue weighted by atomic mass is 16.3. The topological polar surface area (TPSA) is 97.1 Å². The minimum absolute atomic E-state index is 0.0187. The van der Waals surface area contributed by atoms with E-state index in [1.807, 2.05) is 0 Å². The third kappa shape index (κ3) is 4.17. The summed E-state index contributed by atoms with van der Waals surface area (Å²) in [6.07, 6.45) is 10.2. The molecule has 1 aliphatic rings. The van der Waals surface area contributed by atoms with Crippen molar-refractivity contribution in [1.29, 1.82) is 0 Å². The highest BCUT2D eigenvalue weighted by molar-refractivity contribution is 5.93. The van der Waals surface area contributed by atoms with Gasteiger partial charge in [-0.15, -0.1) is 0 Å². The lowest BCUT2D eigenvalue weighted by atomic mass is 9.97. The zero-order chi connectivity index (χ0) is 17.6. The fourth-order valence-electron chi connectivity index (χ4n) is 2.94. The molecule has 132 valence electrons. The SMILES string of the molecule is O=C(NCCC1=CCCCC1)c1c[nH]c(=O)n(Cc2ccco2)c1=O. The van der Waals surface area contributed by atoms with Gasteiger partial charge in [-0.1, -0.05) is 11.6 Å². The smallest absolute Gasteiger partial charge is 0.328 e. The van der Waals surface area contributed by atoms with Crippen molar-refractivity contribution >= 4 is 5.91 Å². The van der Waals surface area contributed by atoms with Crippen LogP contribution >= 0.6 is 0 Å². The van der Waals surface area contributed by atoms with Crippen LogP contribution in [-0.2, 0) is 6.54 Å². The van der Waals surface area contributed by atoms with E-state index in [9.17, 15) is 14.4 Å². The van der Waals surface area contributed by atoms with Crippen molar-refractivity contribution < 1.29 is 9.21 Å². The lowest BCUT2D eigenvalue weighted by molar-refractivity contribution is 0.0951. The molecular formula is C18H21N3O4. The molecule has 0 radical (unpaired) electrons. The number of carbonyl (C=O) groups is 1. The molecule has 0 fully saturated rings. The fraction of sp³-hybridized carbons (Fsp3) is 0.389. The predicted molar refractivity (Wildman–Crippen MR) is 92.6 cm³/mol. The minimum atomic E-state index is -0.630. The third-order valence-corrected chi connectivity index (χ3v) is 4.32. The van der Waals surface area contributed by atoms with Crippen LogP contribution in [0.5, 0.6) is 0 Å². The molecule has 2 aromatic heterocycles. The Hall–Kier alpha value is -2.83. The Morgan fingerprint density at radius 1 is 1.32 bits per heavy atom. The van der Waals surface area contributed by atoms with Gasteiger partial charge in [-0.2, -0.15) is 0 Å². The van der Waals surface area contributed by atoms with Gasteiger partial charge in [0, 0.05) is 12.7 Å². The van der Waals surface area contributed by atoms with Crippen molar-refractivity contribution in [2.24, 2.45) is 0 Å². The maximum atomic E-state index is 12.5. The zero-order valence-corrected chi connectivity index (χ0v) is 13.9. The molecule has 0 saturated carbocycles. The number of furan rings is 1. The van der Waals surface area contributed by atoms with E-state index in [0.29, 0.717) is 12.3 Å². The molecule has 0 atom stereocenters. The number of hydrogen-bond acceptors (Lipinski definition) is 4. The van der Waals surface area contributed by atoms with E-state index in [4.69, 9.17) is 4.42 Å². The Kier molecular flexibility index (Phi) is 5.33. The summed E-state index contributed by atoms with van der Waals surface area (Å²) >= 11 is 0. The summed E-state index contributed by atoms with van der Waals surface area (Å²) in [6.45, 7) is 0.455. The highest BCUT2D eigenvalue weighted by Crippen LogP contribution is 2.19. The molecule has 7 nitrogen and oxygen atoms in total. The summed E-state index contributed by atoms with van der Waals surface area (Å²) in [5.74, 6) is -0.0137. The molecule has 0 unspecified atom stereocenters. The van der Waals surface area contributed by atoms with Crippen molar-refractivity contribution in [3.63, 3.8) is 0 Å². The lowest BCUT2D eigenvalue weighted by Gasteiger charge is -2.13. The largest absolute Gasteiger partial charge is 0.467 e. The molecule has 2 N–H and O–H groups in total. The number of nitrogens with one attached hydrogen (secondary N) is 2. The number of aromatic nitrogens is 2. The molecular weight excluding hydrogens is 322 g/mol. The lowest BCUT2D eigenvalue weighted by Crippen LogP contribution is -2.41. The van der Waals surface area contributed by atoms with Crippen molar-refractivity contribution in [2.45, 2.75) is 38.6 Å². The number of allylic oxidation sites excluding steroid dienone is 1. The molecule has 25 heavy (non-hydrogen) atoms. The van der Waals surface area contributed by atoms with Gasteiger partial charge in [0.1, 0.15) is 11.3 Å². The number of amides is 1. The number of H-pyrrole nitrogens is 1. The van der Waals surface area contributed by atoms with Crippen LogP contribution in [-0.4, -0.2) is 22.0 Å². The molecule has 1 amide bonds. The van der Waals surface area contributed by atoms with E-state index in [2.05, 4.69) is 16.4 Å². The maximum Gasteiger partial charge on any atom is 0.328 e. The molecule has 0 aliphatic heterocycles. The Morgan fingerprint density at radius 3 is 2.92 bits per heavy atom. The second-order valence-electron chi connectivity index (χ2n) is 6.09. The first-order chi connectivity index (χ1) is 12.1. The Morgan fingerprint density at radius 2 is 2.20 bits per heavy atom. The monoisotopic (exact) mass is 343 g/mol. The van der Waals surface area contributed by atoms with Crippen molar-refractivity contribution in [3.05, 3.63) is 68.4 Å². The zero-order valence-electron chi connectivity index (χ0n) is 13.9. The van der Waals surface area contributed by atoms with Crippen molar-refractivity contribution in [1.82, 2.24) is 14.9 Å². The summed E-state index contributed by atoms with van der Waals surface area (Å²) in [6, 6.07) is 3.33. The van der Waals surface area contributed by atoms with E-state index < -0.39 is 17.2 Å². The maximum absolute atomic E-state index is 12.5. The number of rotatable bonds is 6. The van der Waals surface area contributed by atoms with Gasteiger partial charge in [-0.05, 0) is 44.2 Å². The van der Waals surface area contributed by atoms with Gasteiger partial charge in [0.05, 0.1) is 12.8 Å². The van der Waals surface area contributed by atoms with Crippen molar-refractivity contribution in [2.75, 3.05) is 6.54 Å². The van der Waals surface area contributed by atoms with Crippen LogP contribution in [0, 0.1) is 0 Å². The van der Waals surface area contributed by atoms with E-state index >= 15 is 0 Å². The molecule has 0 saturated heterocycles. The summed E-state index contributed by atoms with van der Waals surface area (Å²) in [5.41, 5.74) is 0.0619. The van der Waals surface area contributed by atoms with Crippen LogP contribution in [0.25, 0.3) is 0 Å². The molecule has 0 aromatic carbocycles. The molecule has 2 heterocycles. The van der Waals surface area contributed by atoms with E-state index in [0.717, 1.165) is 23.8 Å². The summed E-state index contributed by atoms with van der Waals surface area (Å²) < 4.78 is 6.12. The Balaban J connectivity index is 1.69. The standard InChI is InChI=1S/C18H21N3O4/c22-16(19-9-8-13-5-2-1-3-6-13)15-11-20-18(24)21(17(15)23)12-14-7-4-10-25-14/h4-5,7,10-11H,1-3,6,8-9,12H2,(H,19,22)(H,20,24). The first-order valence-electron chi connectivity index (χ1n) is 8.46. The number of carbonyl (C=O) groups excluding carboxylic acids is 1. The summed E-state index contributed by atoms with van der Waals surface area (Å²) in [7, 11) is 0. The van der Waals surface area contributed by atoms with Crippen LogP contribution in [0.15, 0.2) is 50.2 Å². The van der Waals surface area contributed by atoms with Crippen LogP contribution < -0.4 is 16.6 Å². The second kappa shape index (κ2) is 7.83. The normalized spacial score (nSPS) is 14.2. The first kappa shape index (κ1) is 17.0. The van der Waals surface area contributed by atoms with Gasteiger partial charge in [-0.3, -0.25) is 14.2 Å². The van der Waals surface area contributed by atoms with E-state index in [-0.39, 0.29) is 12.1 Å². The van der Waals surface area contributed by atoms with Gasteiger partial charge >= 0.3 is 5.69 Å². The summed E-state index contributed by atoms with van der Waals surface area (Å²) in [4.78, 5) is 39.1. The van der Waals surface area contributed by atoms with Gasteiger partial charge < -0.3 is 14.7 Å². The first-order valence-corrected chi connectivity index (χ1v) is 8.46. The molecule has 7 heteroatoms. The average molecular weight is 343 g/mol. The Bertz CT molecular complexity index is 874. The number of hydrogen-bond donors (Lipinski definition) is 2. The van der Waals surface area contributed by atoms with Crippen LogP contribution in [0.2, 0.25) is 0 Å². The van der Waals surface area contributed by atoms with Gasteiger partial charge in [0.25, 0.3) is 11.5 Å².